The lowest BCUT2D eigenvalue weighted by Crippen LogP contribution is -2.41. The number of carboxylic acid groups (broad SMARTS) is 1. The molecule has 1 atom stereocenters. The third-order valence-electron chi connectivity index (χ3n) is 2.83. The van der Waals surface area contributed by atoms with E-state index in [1.807, 2.05) is 0 Å². The van der Waals surface area contributed by atoms with Crippen LogP contribution < -0.4 is 10.1 Å². The molecule has 0 saturated heterocycles. The Kier molecular flexibility index (Phi) is 5.65. The Hall–Kier alpha value is -2.64. The Balaban J connectivity index is 3.16. The first-order valence-corrected chi connectivity index (χ1v) is 6.27. The van der Waals surface area contributed by atoms with E-state index in [2.05, 4.69) is 5.32 Å². The van der Waals surface area contributed by atoms with Crippen molar-refractivity contribution in [3.8, 4) is 5.75 Å². The van der Waals surface area contributed by atoms with E-state index in [0.29, 0.717) is 6.42 Å². The summed E-state index contributed by atoms with van der Waals surface area (Å²) in [5, 5.41) is 22.3. The predicted octanol–water partition coefficient (Wildman–Crippen LogP) is 1.59. The van der Waals surface area contributed by atoms with Crippen LogP contribution in [0.3, 0.4) is 0 Å². The zero-order chi connectivity index (χ0) is 16.0. The maximum absolute atomic E-state index is 12.2. The van der Waals surface area contributed by atoms with Crippen LogP contribution in [-0.4, -0.2) is 35.1 Å². The molecule has 8 nitrogen and oxygen atoms in total. The topological polar surface area (TPSA) is 119 Å². The van der Waals surface area contributed by atoms with Gasteiger partial charge in [-0.3, -0.25) is 14.9 Å². The maximum Gasteiger partial charge on any atom is 0.326 e. The van der Waals surface area contributed by atoms with Gasteiger partial charge in [0.15, 0.2) is 5.56 Å². The number of amides is 1. The molecule has 0 radical (unpaired) electrons. The molecule has 1 rings (SSSR count). The number of nitrogens with one attached hydrogen (secondary N) is 1. The fraction of sp³-hybridized carbons (Fsp3) is 0.385. The zero-order valence-corrected chi connectivity index (χ0v) is 11.7. The fourth-order valence-corrected chi connectivity index (χ4v) is 1.85. The lowest BCUT2D eigenvalue weighted by Gasteiger charge is -2.15. The normalized spacial score (nSPS) is 11.5. The number of carboxylic acids is 1. The van der Waals surface area contributed by atoms with Gasteiger partial charge in [0.05, 0.1) is 12.0 Å². The second-order valence-electron chi connectivity index (χ2n) is 4.26. The van der Waals surface area contributed by atoms with Gasteiger partial charge in [-0.15, -0.1) is 0 Å². The highest BCUT2D eigenvalue weighted by molar-refractivity contribution is 6.02. The summed E-state index contributed by atoms with van der Waals surface area (Å²) in [5.41, 5.74) is -0.722. The summed E-state index contributed by atoms with van der Waals surface area (Å²) in [7, 11) is 1.27. The van der Waals surface area contributed by atoms with Gasteiger partial charge < -0.3 is 15.2 Å². The van der Waals surface area contributed by atoms with Gasteiger partial charge in [-0.2, -0.15) is 0 Å². The molecule has 1 amide bonds. The van der Waals surface area contributed by atoms with E-state index < -0.39 is 28.5 Å². The molecule has 1 aromatic carbocycles. The highest BCUT2D eigenvalue weighted by atomic mass is 16.6. The predicted molar refractivity (Wildman–Crippen MR) is 73.4 cm³/mol. The molecule has 0 aromatic heterocycles. The number of ether oxygens (including phenoxy) is 1. The largest absolute Gasteiger partial charge is 0.496 e. The number of benzene rings is 1. The molecule has 0 aliphatic rings. The molecular formula is C13H16N2O6. The van der Waals surface area contributed by atoms with E-state index in [9.17, 15) is 19.7 Å². The zero-order valence-electron chi connectivity index (χ0n) is 11.7. The van der Waals surface area contributed by atoms with Crippen LogP contribution in [-0.2, 0) is 4.79 Å². The van der Waals surface area contributed by atoms with Crippen LogP contribution in [0.15, 0.2) is 18.2 Å². The summed E-state index contributed by atoms with van der Waals surface area (Å²) in [4.78, 5) is 33.5. The standard InChI is InChI=1S/C13H16N2O6/c1-3-5-8(13(17)18)14-12(16)11-9(15(19)20)6-4-7-10(11)21-2/h4,6-8H,3,5H2,1-2H3,(H,14,16)(H,17,18). The van der Waals surface area contributed by atoms with E-state index in [1.165, 1.54) is 19.2 Å². The first-order valence-electron chi connectivity index (χ1n) is 6.27. The van der Waals surface area contributed by atoms with Crippen LogP contribution in [0, 0.1) is 10.1 Å². The van der Waals surface area contributed by atoms with Gasteiger partial charge in [-0.25, -0.2) is 4.79 Å². The van der Waals surface area contributed by atoms with Gasteiger partial charge in [0, 0.05) is 6.07 Å². The summed E-state index contributed by atoms with van der Waals surface area (Å²) >= 11 is 0. The van der Waals surface area contributed by atoms with E-state index in [1.54, 1.807) is 6.92 Å². The van der Waals surface area contributed by atoms with E-state index in [4.69, 9.17) is 9.84 Å². The number of rotatable bonds is 7. The van der Waals surface area contributed by atoms with Crippen molar-refractivity contribution in [1.82, 2.24) is 5.32 Å². The Bertz CT molecular complexity index is 558. The minimum atomic E-state index is -1.19. The fourth-order valence-electron chi connectivity index (χ4n) is 1.85. The van der Waals surface area contributed by atoms with E-state index >= 15 is 0 Å². The number of nitrogens with zero attached hydrogens (tertiary/aromatic N) is 1. The molecule has 8 heteroatoms. The number of nitro groups is 1. The van der Waals surface area contributed by atoms with E-state index in [-0.39, 0.29) is 17.7 Å². The summed E-state index contributed by atoms with van der Waals surface area (Å²) in [5.74, 6) is -2.02. The Labute approximate surface area is 120 Å². The Morgan fingerprint density at radius 2 is 2.14 bits per heavy atom. The minimum Gasteiger partial charge on any atom is -0.496 e. The highest BCUT2D eigenvalue weighted by Gasteiger charge is 2.28. The van der Waals surface area contributed by atoms with Crippen molar-refractivity contribution in [2.45, 2.75) is 25.8 Å². The molecule has 1 aromatic rings. The molecule has 0 spiro atoms. The van der Waals surface area contributed by atoms with Crippen molar-refractivity contribution in [3.63, 3.8) is 0 Å². The average molecular weight is 296 g/mol. The third-order valence-corrected chi connectivity index (χ3v) is 2.83. The van der Waals surface area contributed by atoms with Gasteiger partial charge >= 0.3 is 5.97 Å². The summed E-state index contributed by atoms with van der Waals surface area (Å²) in [6.07, 6.45) is 0.773. The number of aliphatic carboxylic acids is 1. The molecule has 0 saturated carbocycles. The van der Waals surface area contributed by atoms with E-state index in [0.717, 1.165) is 6.07 Å². The molecule has 0 aliphatic heterocycles. The highest BCUT2D eigenvalue weighted by Crippen LogP contribution is 2.28. The van der Waals surface area contributed by atoms with Gasteiger partial charge in [0.2, 0.25) is 0 Å². The number of hydrogen-bond acceptors (Lipinski definition) is 5. The molecular weight excluding hydrogens is 280 g/mol. The lowest BCUT2D eigenvalue weighted by atomic mass is 10.1. The van der Waals surface area contributed by atoms with Crippen molar-refractivity contribution >= 4 is 17.6 Å². The van der Waals surface area contributed by atoms with Crippen LogP contribution in [0.2, 0.25) is 0 Å². The molecule has 21 heavy (non-hydrogen) atoms. The molecule has 0 fully saturated rings. The van der Waals surface area contributed by atoms with Crippen LogP contribution in [0.5, 0.6) is 5.75 Å². The lowest BCUT2D eigenvalue weighted by molar-refractivity contribution is -0.385. The minimum absolute atomic E-state index is 0.0161. The molecule has 1 unspecified atom stereocenters. The van der Waals surface area contributed by atoms with Crippen LogP contribution >= 0.6 is 0 Å². The number of nitro benzene ring substituents is 1. The molecule has 0 heterocycles. The van der Waals surface area contributed by atoms with Gasteiger partial charge in [-0.05, 0) is 12.5 Å². The Morgan fingerprint density at radius 1 is 1.48 bits per heavy atom. The monoisotopic (exact) mass is 296 g/mol. The van der Waals surface area contributed by atoms with Gasteiger partial charge in [-0.1, -0.05) is 19.4 Å². The average Bonchev–Trinajstić information content (AvgIpc) is 2.45. The van der Waals surface area contributed by atoms with Crippen molar-refractivity contribution in [2.24, 2.45) is 0 Å². The molecule has 0 bridgehead atoms. The van der Waals surface area contributed by atoms with Crippen molar-refractivity contribution < 1.29 is 24.4 Å². The first kappa shape index (κ1) is 16.4. The SMILES string of the molecule is CCCC(NC(=O)c1c(OC)cccc1[N+](=O)[O-])C(=O)O. The number of carbonyl (C=O) groups is 2. The van der Waals surface area contributed by atoms with Gasteiger partial charge in [0.25, 0.3) is 11.6 Å². The molecule has 0 aliphatic carbocycles. The van der Waals surface area contributed by atoms with Crippen LogP contribution in [0.4, 0.5) is 5.69 Å². The first-order chi connectivity index (χ1) is 9.92. The number of carbonyl (C=O) groups excluding carboxylic acids is 1. The van der Waals surface area contributed by atoms with Crippen LogP contribution in [0.1, 0.15) is 30.1 Å². The summed E-state index contributed by atoms with van der Waals surface area (Å²) in [6.45, 7) is 1.77. The molecule has 2 N–H and O–H groups in total. The summed E-state index contributed by atoms with van der Waals surface area (Å²) in [6, 6.07) is 2.84. The third kappa shape index (κ3) is 3.91. The summed E-state index contributed by atoms with van der Waals surface area (Å²) < 4.78 is 4.95. The molecule has 114 valence electrons. The second-order valence-corrected chi connectivity index (χ2v) is 4.26. The number of methoxy groups -OCH3 is 1. The Morgan fingerprint density at radius 3 is 2.62 bits per heavy atom. The smallest absolute Gasteiger partial charge is 0.326 e. The number of hydrogen-bond donors (Lipinski definition) is 2. The van der Waals surface area contributed by atoms with Gasteiger partial charge in [0.1, 0.15) is 11.8 Å². The van der Waals surface area contributed by atoms with Crippen LogP contribution in [0.25, 0.3) is 0 Å². The van der Waals surface area contributed by atoms with Crippen molar-refractivity contribution in [1.29, 1.82) is 0 Å². The quantitative estimate of drug-likeness (QED) is 0.582. The van der Waals surface area contributed by atoms with Crippen molar-refractivity contribution in [3.05, 3.63) is 33.9 Å². The maximum atomic E-state index is 12.2. The second kappa shape index (κ2) is 7.22. The van der Waals surface area contributed by atoms with Crippen molar-refractivity contribution in [2.75, 3.05) is 7.11 Å².